The summed E-state index contributed by atoms with van der Waals surface area (Å²) in [6, 6.07) is 7.22. The summed E-state index contributed by atoms with van der Waals surface area (Å²) in [5, 5.41) is 0. The van der Waals surface area contributed by atoms with Crippen molar-refractivity contribution >= 4 is 11.8 Å². The van der Waals surface area contributed by atoms with Crippen LogP contribution in [0.4, 0.5) is 0 Å². The number of hydrogen-bond acceptors (Lipinski definition) is 4. The van der Waals surface area contributed by atoms with E-state index in [1.807, 2.05) is 12.1 Å². The highest BCUT2D eigenvalue weighted by atomic mass is 16.5. The van der Waals surface area contributed by atoms with Crippen molar-refractivity contribution < 1.29 is 14.3 Å². The maximum atomic E-state index is 11.4. The molecular formula is C11H15N3O3. The molecule has 1 aromatic rings. The molecule has 0 aromatic heterocycles. The minimum absolute atomic E-state index is 0.330. The molecule has 0 saturated heterocycles. The highest BCUT2D eigenvalue weighted by molar-refractivity contribution is 6.34. The molecule has 1 aromatic carbocycles. The van der Waals surface area contributed by atoms with E-state index in [0.717, 1.165) is 11.3 Å². The smallest absolute Gasteiger partial charge is 0.323 e. The van der Waals surface area contributed by atoms with Gasteiger partial charge in [-0.1, -0.05) is 12.1 Å². The maximum Gasteiger partial charge on any atom is 0.323 e. The molecule has 0 bridgehead atoms. The number of methoxy groups -OCH3 is 1. The number of nitrogens with two attached hydrogens (primary N) is 1. The zero-order valence-corrected chi connectivity index (χ0v) is 9.77. The fraction of sp³-hybridized carbons (Fsp3) is 0.273. The van der Waals surface area contributed by atoms with E-state index in [9.17, 15) is 9.59 Å². The van der Waals surface area contributed by atoms with Crippen molar-refractivity contribution in [2.45, 2.75) is 6.54 Å². The number of nitrogens with one attached hydrogen (secondary N) is 1. The van der Waals surface area contributed by atoms with Gasteiger partial charge >= 0.3 is 11.8 Å². The summed E-state index contributed by atoms with van der Waals surface area (Å²) in [6.45, 7) is 0.330. The van der Waals surface area contributed by atoms with E-state index in [2.05, 4.69) is 0 Å². The Hall–Kier alpha value is -2.08. The van der Waals surface area contributed by atoms with Crippen molar-refractivity contribution in [1.29, 1.82) is 0 Å². The Labute approximate surface area is 99.3 Å². The minimum atomic E-state index is -0.832. The van der Waals surface area contributed by atoms with Gasteiger partial charge in [0.25, 0.3) is 0 Å². The van der Waals surface area contributed by atoms with Crippen LogP contribution in [0.1, 0.15) is 5.56 Å². The van der Waals surface area contributed by atoms with Crippen molar-refractivity contribution in [2.24, 2.45) is 5.84 Å². The van der Waals surface area contributed by atoms with Crippen LogP contribution in [0.15, 0.2) is 24.3 Å². The van der Waals surface area contributed by atoms with E-state index in [1.54, 1.807) is 24.7 Å². The maximum absolute atomic E-state index is 11.4. The molecule has 0 aliphatic heterocycles. The lowest BCUT2D eigenvalue weighted by atomic mass is 10.2. The normalized spacial score (nSPS) is 9.59. The second kappa shape index (κ2) is 5.86. The number of nitrogens with zero attached hydrogens (tertiary/aromatic N) is 1. The molecule has 17 heavy (non-hydrogen) atoms. The summed E-state index contributed by atoms with van der Waals surface area (Å²) >= 11 is 0. The first-order valence-corrected chi connectivity index (χ1v) is 4.97. The number of amides is 2. The molecule has 0 aliphatic carbocycles. The first-order valence-electron chi connectivity index (χ1n) is 4.97. The molecule has 0 unspecified atom stereocenters. The Balaban J connectivity index is 2.64. The van der Waals surface area contributed by atoms with Crippen LogP contribution in [0, 0.1) is 0 Å². The zero-order valence-electron chi connectivity index (χ0n) is 9.77. The van der Waals surface area contributed by atoms with Gasteiger partial charge in [0.15, 0.2) is 0 Å². The SMILES string of the molecule is COc1ccc(CN(C)C(=O)C(=O)NN)cc1. The lowest BCUT2D eigenvalue weighted by Crippen LogP contribution is -2.43. The second-order valence-corrected chi connectivity index (χ2v) is 3.48. The Kier molecular flexibility index (Phi) is 4.47. The molecule has 0 atom stereocenters. The van der Waals surface area contributed by atoms with Crippen LogP contribution in [-0.4, -0.2) is 30.9 Å². The lowest BCUT2D eigenvalue weighted by molar-refractivity contribution is -0.145. The molecular weight excluding hydrogens is 222 g/mol. The van der Waals surface area contributed by atoms with Crippen LogP contribution in [0.3, 0.4) is 0 Å². The highest BCUT2D eigenvalue weighted by Crippen LogP contribution is 2.12. The summed E-state index contributed by atoms with van der Waals surface area (Å²) in [4.78, 5) is 23.7. The molecule has 6 nitrogen and oxygen atoms in total. The third-order valence-corrected chi connectivity index (χ3v) is 2.25. The summed E-state index contributed by atoms with van der Waals surface area (Å²) in [7, 11) is 3.11. The second-order valence-electron chi connectivity index (χ2n) is 3.48. The van der Waals surface area contributed by atoms with Gasteiger partial charge in [-0.2, -0.15) is 0 Å². The third kappa shape index (κ3) is 3.46. The van der Waals surface area contributed by atoms with Gasteiger partial charge in [-0.15, -0.1) is 0 Å². The predicted molar refractivity (Wildman–Crippen MR) is 61.8 cm³/mol. The van der Waals surface area contributed by atoms with Crippen LogP contribution in [0.2, 0.25) is 0 Å². The van der Waals surface area contributed by atoms with Gasteiger partial charge in [0.05, 0.1) is 7.11 Å². The molecule has 6 heteroatoms. The van der Waals surface area contributed by atoms with E-state index >= 15 is 0 Å². The Morgan fingerprint density at radius 1 is 1.35 bits per heavy atom. The number of carbonyl (C=O) groups excluding carboxylic acids is 2. The summed E-state index contributed by atoms with van der Waals surface area (Å²) in [5.41, 5.74) is 2.69. The topological polar surface area (TPSA) is 84.7 Å². The molecule has 1 rings (SSSR count). The minimum Gasteiger partial charge on any atom is -0.497 e. The molecule has 0 radical (unpaired) electrons. The fourth-order valence-corrected chi connectivity index (χ4v) is 1.31. The van der Waals surface area contributed by atoms with E-state index in [0.29, 0.717) is 6.54 Å². The largest absolute Gasteiger partial charge is 0.497 e. The lowest BCUT2D eigenvalue weighted by Gasteiger charge is -2.16. The van der Waals surface area contributed by atoms with Crippen molar-refractivity contribution in [3.05, 3.63) is 29.8 Å². The van der Waals surface area contributed by atoms with Gasteiger partial charge in [-0.25, -0.2) is 5.84 Å². The van der Waals surface area contributed by atoms with Crippen molar-refractivity contribution in [3.8, 4) is 5.75 Å². The van der Waals surface area contributed by atoms with Gasteiger partial charge in [0.2, 0.25) is 0 Å². The van der Waals surface area contributed by atoms with Crippen molar-refractivity contribution in [1.82, 2.24) is 10.3 Å². The number of hydrazine groups is 1. The molecule has 0 aliphatic rings. The van der Waals surface area contributed by atoms with E-state index in [1.165, 1.54) is 11.9 Å². The van der Waals surface area contributed by atoms with Crippen LogP contribution in [0.5, 0.6) is 5.75 Å². The number of carbonyl (C=O) groups is 2. The monoisotopic (exact) mass is 237 g/mol. The van der Waals surface area contributed by atoms with Crippen LogP contribution < -0.4 is 16.0 Å². The first-order chi connectivity index (χ1) is 8.08. The van der Waals surface area contributed by atoms with E-state index < -0.39 is 11.8 Å². The fourth-order valence-electron chi connectivity index (χ4n) is 1.31. The molecule has 2 amide bonds. The van der Waals surface area contributed by atoms with Crippen molar-refractivity contribution in [3.63, 3.8) is 0 Å². The first kappa shape index (κ1) is 13.0. The molecule has 0 spiro atoms. The quantitative estimate of drug-likeness (QED) is 0.325. The van der Waals surface area contributed by atoms with Crippen LogP contribution in [-0.2, 0) is 16.1 Å². The number of rotatable bonds is 3. The molecule has 0 heterocycles. The highest BCUT2D eigenvalue weighted by Gasteiger charge is 2.17. The van der Waals surface area contributed by atoms with Gasteiger partial charge in [0, 0.05) is 13.6 Å². The average Bonchev–Trinajstić information content (AvgIpc) is 2.37. The van der Waals surface area contributed by atoms with E-state index in [-0.39, 0.29) is 0 Å². The summed E-state index contributed by atoms with van der Waals surface area (Å²) in [6.07, 6.45) is 0. The van der Waals surface area contributed by atoms with Gasteiger partial charge in [-0.05, 0) is 17.7 Å². The van der Waals surface area contributed by atoms with Gasteiger partial charge in [-0.3, -0.25) is 15.0 Å². The Morgan fingerprint density at radius 3 is 2.41 bits per heavy atom. The number of benzene rings is 1. The summed E-state index contributed by atoms with van der Waals surface area (Å²) < 4.78 is 5.02. The average molecular weight is 237 g/mol. The number of hydrogen-bond donors (Lipinski definition) is 2. The van der Waals surface area contributed by atoms with Crippen molar-refractivity contribution in [2.75, 3.05) is 14.2 Å². The molecule has 0 fully saturated rings. The zero-order chi connectivity index (χ0) is 12.8. The standard InChI is InChI=1S/C11H15N3O3/c1-14(11(16)10(15)13-12)7-8-3-5-9(17-2)6-4-8/h3-6H,7,12H2,1-2H3,(H,13,15). The third-order valence-electron chi connectivity index (χ3n) is 2.25. The molecule has 92 valence electrons. The van der Waals surface area contributed by atoms with Crippen LogP contribution >= 0.6 is 0 Å². The van der Waals surface area contributed by atoms with Crippen LogP contribution in [0.25, 0.3) is 0 Å². The predicted octanol–water partition coefficient (Wildman–Crippen LogP) is -0.356. The van der Waals surface area contributed by atoms with E-state index in [4.69, 9.17) is 10.6 Å². The Morgan fingerprint density at radius 2 is 1.94 bits per heavy atom. The van der Waals surface area contributed by atoms with Gasteiger partial charge in [0.1, 0.15) is 5.75 Å². The van der Waals surface area contributed by atoms with Gasteiger partial charge < -0.3 is 9.64 Å². The number of ether oxygens (including phenoxy) is 1. The Bertz CT molecular complexity index is 403. The molecule has 0 saturated carbocycles. The molecule has 3 N–H and O–H groups in total. The summed E-state index contributed by atoms with van der Waals surface area (Å²) in [5.74, 6) is 4.11. The number of likely N-dealkylation sites (N-methyl/N-ethyl adjacent to an activating group) is 1.